The largest absolute Gasteiger partial charge is 0.342 e. The van der Waals surface area contributed by atoms with Crippen LogP contribution >= 0.6 is 23.2 Å². The van der Waals surface area contributed by atoms with Crippen LogP contribution in [-0.4, -0.2) is 38.9 Å². The van der Waals surface area contributed by atoms with Crippen LogP contribution in [0.2, 0.25) is 10.0 Å². The number of halogens is 2. The molecule has 30 heavy (non-hydrogen) atoms. The Morgan fingerprint density at radius 2 is 2.00 bits per heavy atom. The highest BCUT2D eigenvalue weighted by Gasteiger charge is 2.43. The molecule has 3 aromatic rings. The minimum absolute atomic E-state index is 0.160. The molecule has 5 rings (SSSR count). The first-order valence-corrected chi connectivity index (χ1v) is 11.1. The lowest BCUT2D eigenvalue weighted by atomic mass is 9.74. The Morgan fingerprint density at radius 3 is 2.70 bits per heavy atom. The fourth-order valence-electron chi connectivity index (χ4n) is 5.16. The molecule has 0 bridgehead atoms. The lowest BCUT2D eigenvalue weighted by Gasteiger charge is -2.42. The predicted molar refractivity (Wildman–Crippen MR) is 120 cm³/mol. The summed E-state index contributed by atoms with van der Waals surface area (Å²) in [7, 11) is 1.76. The Morgan fingerprint density at radius 1 is 1.23 bits per heavy atom. The monoisotopic (exact) mass is 446 g/mol. The van der Waals surface area contributed by atoms with Crippen molar-refractivity contribution in [2.24, 2.45) is 18.2 Å². The van der Waals surface area contributed by atoms with E-state index in [1.54, 1.807) is 23.7 Å². The van der Waals surface area contributed by atoms with E-state index in [1.165, 1.54) is 12.8 Å². The van der Waals surface area contributed by atoms with Crippen molar-refractivity contribution in [3.05, 3.63) is 38.6 Å². The van der Waals surface area contributed by atoms with Gasteiger partial charge in [-0.05, 0) is 37.2 Å². The molecule has 1 atom stereocenters. The van der Waals surface area contributed by atoms with Gasteiger partial charge in [0, 0.05) is 31.7 Å². The highest BCUT2D eigenvalue weighted by molar-refractivity contribution is 6.43. The Hall–Kier alpha value is -2.09. The Kier molecular flexibility index (Phi) is 4.80. The van der Waals surface area contributed by atoms with E-state index in [1.807, 2.05) is 6.07 Å². The third-order valence-electron chi connectivity index (χ3n) is 7.01. The maximum absolute atomic E-state index is 13.3. The highest BCUT2D eigenvalue weighted by Crippen LogP contribution is 2.46. The fourth-order valence-corrected chi connectivity index (χ4v) is 5.55. The SMILES string of the molecule is Cn1c(N2CCC3(CCC[C@H]3N)CC2)nc2n[nH]c(-c3cccc(Cl)c3Cl)c2c1=O. The maximum Gasteiger partial charge on any atom is 0.266 e. The Labute approximate surface area is 184 Å². The molecule has 3 N–H and O–H groups in total. The zero-order chi connectivity index (χ0) is 21.0. The van der Waals surface area contributed by atoms with Crippen LogP contribution in [0, 0.1) is 5.41 Å². The molecule has 0 radical (unpaired) electrons. The van der Waals surface area contributed by atoms with Gasteiger partial charge in [-0.3, -0.25) is 14.5 Å². The number of nitrogens with zero attached hydrogens (tertiary/aromatic N) is 4. The van der Waals surface area contributed by atoms with Crippen molar-refractivity contribution >= 4 is 40.2 Å². The van der Waals surface area contributed by atoms with Crippen LogP contribution in [0.3, 0.4) is 0 Å². The van der Waals surface area contributed by atoms with Crippen molar-refractivity contribution in [3.8, 4) is 11.3 Å². The molecule has 3 heterocycles. The number of fused-ring (bicyclic) bond motifs is 1. The van der Waals surface area contributed by atoms with E-state index in [9.17, 15) is 4.79 Å². The topological polar surface area (TPSA) is 92.8 Å². The molecule has 1 aromatic carbocycles. The van der Waals surface area contributed by atoms with E-state index < -0.39 is 0 Å². The summed E-state index contributed by atoms with van der Waals surface area (Å²) in [5.41, 5.74) is 8.06. The minimum Gasteiger partial charge on any atom is -0.342 e. The van der Waals surface area contributed by atoms with Crippen molar-refractivity contribution in [1.29, 1.82) is 0 Å². The number of piperidine rings is 1. The number of hydrogen-bond acceptors (Lipinski definition) is 5. The number of nitrogens with two attached hydrogens (primary N) is 1. The fraction of sp³-hybridized carbons (Fsp3) is 0.476. The van der Waals surface area contributed by atoms with Crippen molar-refractivity contribution < 1.29 is 0 Å². The molecule has 158 valence electrons. The average Bonchev–Trinajstić information content (AvgIpc) is 3.32. The molecule has 1 aliphatic heterocycles. The first-order valence-electron chi connectivity index (χ1n) is 10.3. The number of anilines is 1. The van der Waals surface area contributed by atoms with Crippen molar-refractivity contribution in [2.45, 2.75) is 38.1 Å². The molecule has 2 aromatic heterocycles. The third-order valence-corrected chi connectivity index (χ3v) is 7.83. The van der Waals surface area contributed by atoms with Gasteiger partial charge in [0.05, 0.1) is 15.7 Å². The molecule has 2 fully saturated rings. The quantitative estimate of drug-likeness (QED) is 0.625. The average molecular weight is 447 g/mol. The zero-order valence-electron chi connectivity index (χ0n) is 16.8. The van der Waals surface area contributed by atoms with Crippen LogP contribution in [0.15, 0.2) is 23.0 Å². The molecule has 0 amide bonds. The normalized spacial score (nSPS) is 21.1. The number of aromatic nitrogens is 4. The summed E-state index contributed by atoms with van der Waals surface area (Å²) in [6, 6.07) is 5.60. The molecule has 2 aliphatic rings. The number of nitrogens with one attached hydrogen (secondary N) is 1. The van der Waals surface area contributed by atoms with Crippen molar-refractivity contribution in [3.63, 3.8) is 0 Å². The maximum atomic E-state index is 13.3. The summed E-state index contributed by atoms with van der Waals surface area (Å²) in [6.07, 6.45) is 5.60. The smallest absolute Gasteiger partial charge is 0.266 e. The second-order valence-electron chi connectivity index (χ2n) is 8.52. The zero-order valence-corrected chi connectivity index (χ0v) is 18.3. The van der Waals surface area contributed by atoms with Gasteiger partial charge in [-0.15, -0.1) is 0 Å². The predicted octanol–water partition coefficient (Wildman–Crippen LogP) is 3.73. The molecular weight excluding hydrogens is 423 g/mol. The summed E-state index contributed by atoms with van der Waals surface area (Å²) in [6.45, 7) is 1.69. The minimum atomic E-state index is -0.160. The van der Waals surface area contributed by atoms with E-state index in [-0.39, 0.29) is 17.0 Å². The van der Waals surface area contributed by atoms with Gasteiger partial charge in [0.15, 0.2) is 5.65 Å². The molecule has 1 saturated heterocycles. The van der Waals surface area contributed by atoms with E-state index in [4.69, 9.17) is 33.9 Å². The summed E-state index contributed by atoms with van der Waals surface area (Å²) in [4.78, 5) is 20.2. The van der Waals surface area contributed by atoms with Gasteiger partial charge in [-0.2, -0.15) is 10.1 Å². The summed E-state index contributed by atoms with van der Waals surface area (Å²) in [5, 5.41) is 8.46. The lowest BCUT2D eigenvalue weighted by molar-refractivity contribution is 0.196. The van der Waals surface area contributed by atoms with Crippen LogP contribution in [-0.2, 0) is 7.05 Å². The van der Waals surface area contributed by atoms with Crippen LogP contribution < -0.4 is 16.2 Å². The standard InChI is InChI=1S/C21H24Cl2N6O/c1-28-19(30)15-17(12-4-2-5-13(22)16(12)23)26-27-18(15)25-20(28)29-10-8-21(9-11-29)7-3-6-14(21)24/h2,4-5,14H,3,6-11,24H2,1H3,(H,26,27)/t14-/m1/s1. The second-order valence-corrected chi connectivity index (χ2v) is 9.31. The van der Waals surface area contributed by atoms with E-state index in [0.717, 1.165) is 32.4 Å². The Balaban J connectivity index is 1.53. The van der Waals surface area contributed by atoms with Crippen LogP contribution in [0.5, 0.6) is 0 Å². The van der Waals surface area contributed by atoms with Gasteiger partial charge in [-0.1, -0.05) is 41.8 Å². The highest BCUT2D eigenvalue weighted by atomic mass is 35.5. The summed E-state index contributed by atoms with van der Waals surface area (Å²) >= 11 is 12.5. The molecule has 9 heteroatoms. The molecule has 1 aliphatic carbocycles. The number of H-pyrrole nitrogens is 1. The number of hydrogen-bond donors (Lipinski definition) is 2. The summed E-state index contributed by atoms with van der Waals surface area (Å²) < 4.78 is 1.60. The van der Waals surface area contributed by atoms with Gasteiger partial charge in [0.2, 0.25) is 5.95 Å². The van der Waals surface area contributed by atoms with Crippen molar-refractivity contribution in [2.75, 3.05) is 18.0 Å². The van der Waals surface area contributed by atoms with Gasteiger partial charge >= 0.3 is 0 Å². The lowest BCUT2D eigenvalue weighted by Crippen LogP contribution is -2.48. The Bertz CT molecular complexity index is 1180. The van der Waals surface area contributed by atoms with Crippen LogP contribution in [0.4, 0.5) is 5.95 Å². The van der Waals surface area contributed by atoms with Gasteiger partial charge in [0.1, 0.15) is 5.39 Å². The molecule has 0 unspecified atom stereocenters. The third kappa shape index (κ3) is 2.94. The molecule has 7 nitrogen and oxygen atoms in total. The van der Waals surface area contributed by atoms with Gasteiger partial charge in [-0.25, -0.2) is 0 Å². The van der Waals surface area contributed by atoms with Crippen molar-refractivity contribution in [1.82, 2.24) is 19.7 Å². The van der Waals surface area contributed by atoms with Gasteiger partial charge < -0.3 is 10.6 Å². The number of benzene rings is 1. The van der Waals surface area contributed by atoms with Gasteiger partial charge in [0.25, 0.3) is 5.56 Å². The number of rotatable bonds is 2. The molecule has 1 saturated carbocycles. The summed E-state index contributed by atoms with van der Waals surface area (Å²) in [5.74, 6) is 0.643. The van der Waals surface area contributed by atoms with E-state index in [0.29, 0.717) is 38.3 Å². The first-order chi connectivity index (χ1) is 14.4. The second kappa shape index (κ2) is 7.25. The van der Waals surface area contributed by atoms with E-state index >= 15 is 0 Å². The first kappa shape index (κ1) is 19.8. The number of aromatic amines is 1. The van der Waals surface area contributed by atoms with Crippen LogP contribution in [0.1, 0.15) is 32.1 Å². The van der Waals surface area contributed by atoms with Crippen LogP contribution in [0.25, 0.3) is 22.3 Å². The van der Waals surface area contributed by atoms with E-state index in [2.05, 4.69) is 15.1 Å². The molecular formula is C21H24Cl2N6O. The molecule has 1 spiro atoms.